The van der Waals surface area contributed by atoms with Gasteiger partial charge in [-0.15, -0.1) is 0 Å². The van der Waals surface area contributed by atoms with Crippen molar-refractivity contribution in [1.82, 2.24) is 5.48 Å². The van der Waals surface area contributed by atoms with Crippen LogP contribution in [0, 0.1) is 0 Å². The number of urea groups is 1. The summed E-state index contributed by atoms with van der Waals surface area (Å²) in [6.45, 7) is 0.0962. The molecule has 0 atom stereocenters. The van der Waals surface area contributed by atoms with E-state index in [1.54, 1.807) is 24.3 Å². The van der Waals surface area contributed by atoms with E-state index in [2.05, 4.69) is 5.32 Å². The predicted molar refractivity (Wildman–Crippen MR) is 90.0 cm³/mol. The van der Waals surface area contributed by atoms with E-state index in [1.807, 2.05) is 30.3 Å². The Kier molecular flexibility index (Phi) is 6.30. The summed E-state index contributed by atoms with van der Waals surface area (Å²) < 4.78 is 0. The molecule has 0 aliphatic carbocycles. The third-order valence-corrected chi connectivity index (χ3v) is 3.36. The molecule has 2 aromatic carbocycles. The Morgan fingerprint density at radius 3 is 2.25 bits per heavy atom. The first-order valence-electron chi connectivity index (χ1n) is 7.40. The Labute approximate surface area is 139 Å². The normalized spacial score (nSPS) is 10.1. The zero-order valence-corrected chi connectivity index (χ0v) is 13.0. The van der Waals surface area contributed by atoms with Gasteiger partial charge in [0.15, 0.2) is 0 Å². The number of aliphatic hydroxyl groups is 1. The summed E-state index contributed by atoms with van der Waals surface area (Å²) in [5.41, 5.74) is 3.47. The molecule has 2 aromatic rings. The number of aliphatic hydroxyl groups excluding tert-OH is 1. The molecule has 7 heteroatoms. The Hall–Kier alpha value is -2.90. The highest BCUT2D eigenvalue weighted by molar-refractivity contribution is 5.95. The minimum Gasteiger partial charge on any atom is -0.395 e. The Balaban J connectivity index is 2.05. The molecule has 0 saturated carbocycles. The smallest absolute Gasteiger partial charge is 0.342 e. The van der Waals surface area contributed by atoms with Crippen LogP contribution >= 0.6 is 0 Å². The molecule has 4 N–H and O–H groups in total. The molecule has 7 nitrogen and oxygen atoms in total. The van der Waals surface area contributed by atoms with E-state index in [1.165, 1.54) is 10.4 Å². The highest BCUT2D eigenvalue weighted by atomic mass is 16.5. The zero-order chi connectivity index (χ0) is 17.4. The second-order valence-corrected chi connectivity index (χ2v) is 5.04. The molecular weight excluding hydrogens is 310 g/mol. The number of hydroxylamine groups is 1. The van der Waals surface area contributed by atoms with Crippen molar-refractivity contribution in [3.63, 3.8) is 0 Å². The van der Waals surface area contributed by atoms with Gasteiger partial charge in [0.05, 0.1) is 13.0 Å². The van der Waals surface area contributed by atoms with Crippen LogP contribution in [0.3, 0.4) is 0 Å². The van der Waals surface area contributed by atoms with Crippen LogP contribution < -0.4 is 15.7 Å². The summed E-state index contributed by atoms with van der Waals surface area (Å²) in [6.07, 6.45) is 0.168. The number of hydrogen-bond acceptors (Lipinski definition) is 4. The summed E-state index contributed by atoms with van der Waals surface area (Å²) >= 11 is 0. The van der Waals surface area contributed by atoms with Gasteiger partial charge in [-0.25, -0.2) is 10.3 Å². The van der Waals surface area contributed by atoms with Crippen LogP contribution in [0.25, 0.3) is 0 Å². The molecular formula is C17H19N3O4. The van der Waals surface area contributed by atoms with E-state index in [9.17, 15) is 14.7 Å². The van der Waals surface area contributed by atoms with E-state index in [0.717, 1.165) is 11.3 Å². The van der Waals surface area contributed by atoms with Gasteiger partial charge in [0.2, 0.25) is 5.91 Å². The topological polar surface area (TPSA) is 102 Å². The molecule has 0 fully saturated rings. The van der Waals surface area contributed by atoms with Crippen LogP contribution in [0.2, 0.25) is 0 Å². The van der Waals surface area contributed by atoms with Crippen molar-refractivity contribution in [2.45, 2.75) is 6.42 Å². The van der Waals surface area contributed by atoms with E-state index >= 15 is 0 Å². The number of amides is 3. The van der Waals surface area contributed by atoms with Crippen molar-refractivity contribution in [1.29, 1.82) is 0 Å². The van der Waals surface area contributed by atoms with Crippen LogP contribution in [0.5, 0.6) is 0 Å². The Bertz CT molecular complexity index is 674. The molecule has 0 radical (unpaired) electrons. The Morgan fingerprint density at radius 2 is 1.67 bits per heavy atom. The second-order valence-electron chi connectivity index (χ2n) is 5.04. The largest absolute Gasteiger partial charge is 0.395 e. The molecule has 126 valence electrons. The first-order chi connectivity index (χ1) is 11.6. The number of anilines is 2. The first kappa shape index (κ1) is 17.5. The molecule has 0 aliphatic rings. The van der Waals surface area contributed by atoms with E-state index in [4.69, 9.17) is 5.21 Å². The van der Waals surface area contributed by atoms with E-state index in [0.29, 0.717) is 5.69 Å². The van der Waals surface area contributed by atoms with Crippen LogP contribution in [-0.4, -0.2) is 35.4 Å². The number of para-hydroxylation sites is 1. The second kappa shape index (κ2) is 8.66. The minimum absolute atomic E-state index is 0.125. The van der Waals surface area contributed by atoms with Crippen molar-refractivity contribution in [2.24, 2.45) is 0 Å². The molecule has 0 spiro atoms. The highest BCUT2D eigenvalue weighted by Crippen LogP contribution is 2.16. The van der Waals surface area contributed by atoms with Crippen molar-refractivity contribution >= 4 is 23.3 Å². The van der Waals surface area contributed by atoms with Gasteiger partial charge in [-0.2, -0.15) is 0 Å². The molecule has 0 aromatic heterocycles. The van der Waals surface area contributed by atoms with Crippen molar-refractivity contribution in [2.75, 3.05) is 23.4 Å². The van der Waals surface area contributed by atoms with Crippen molar-refractivity contribution in [3.8, 4) is 0 Å². The molecule has 3 amide bonds. The lowest BCUT2D eigenvalue weighted by Gasteiger charge is -2.22. The third-order valence-electron chi connectivity index (χ3n) is 3.36. The molecule has 0 unspecified atom stereocenters. The zero-order valence-electron chi connectivity index (χ0n) is 13.0. The maximum Gasteiger partial charge on any atom is 0.342 e. The minimum atomic E-state index is -0.739. The number of benzene rings is 2. The number of nitrogens with zero attached hydrogens (tertiary/aromatic N) is 1. The molecule has 0 aliphatic heterocycles. The molecule has 24 heavy (non-hydrogen) atoms. The highest BCUT2D eigenvalue weighted by Gasteiger charge is 2.15. The predicted octanol–water partition coefficient (Wildman–Crippen LogP) is 1.77. The fourth-order valence-electron chi connectivity index (χ4n) is 2.24. The fraction of sp³-hybridized carbons (Fsp3) is 0.176. The van der Waals surface area contributed by atoms with Gasteiger partial charge in [0.1, 0.15) is 0 Å². The Morgan fingerprint density at radius 1 is 1.00 bits per heavy atom. The summed E-state index contributed by atoms with van der Waals surface area (Å²) in [6, 6.07) is 15.1. The van der Waals surface area contributed by atoms with Gasteiger partial charge in [-0.3, -0.25) is 10.0 Å². The molecule has 0 bridgehead atoms. The van der Waals surface area contributed by atoms with Crippen LogP contribution in [0.4, 0.5) is 16.2 Å². The van der Waals surface area contributed by atoms with Crippen LogP contribution in [-0.2, 0) is 11.2 Å². The molecule has 2 rings (SSSR count). The average Bonchev–Trinajstić information content (AvgIpc) is 2.61. The standard InChI is InChI=1S/C17H19N3O4/c21-11-10-20(15-4-2-1-3-5-15)16(22)12-13-6-8-14(9-7-13)18-17(23)19-24/h1-9,21,24H,10-12H2,(H2,18,19,23). The average molecular weight is 329 g/mol. The summed E-state index contributed by atoms with van der Waals surface area (Å²) in [5, 5.41) is 20.1. The van der Waals surface area contributed by atoms with Gasteiger partial charge in [-0.05, 0) is 29.8 Å². The first-order valence-corrected chi connectivity index (χ1v) is 7.40. The summed E-state index contributed by atoms with van der Waals surface area (Å²) in [5.74, 6) is -0.135. The lowest BCUT2D eigenvalue weighted by Crippen LogP contribution is -2.34. The summed E-state index contributed by atoms with van der Waals surface area (Å²) in [7, 11) is 0. The number of nitrogens with one attached hydrogen (secondary N) is 2. The lowest BCUT2D eigenvalue weighted by atomic mass is 10.1. The quantitative estimate of drug-likeness (QED) is 0.479. The molecule has 0 heterocycles. The van der Waals surface area contributed by atoms with Crippen molar-refractivity contribution < 1.29 is 19.9 Å². The number of hydrogen-bond donors (Lipinski definition) is 4. The van der Waals surface area contributed by atoms with Gasteiger partial charge in [0.25, 0.3) is 0 Å². The maximum atomic E-state index is 12.5. The number of carbonyl (C=O) groups is 2. The van der Waals surface area contributed by atoms with Gasteiger partial charge >= 0.3 is 6.03 Å². The van der Waals surface area contributed by atoms with Gasteiger partial charge in [0, 0.05) is 17.9 Å². The van der Waals surface area contributed by atoms with E-state index < -0.39 is 6.03 Å². The number of carbonyl (C=O) groups excluding carboxylic acids is 2. The third kappa shape index (κ3) is 4.80. The maximum absolute atomic E-state index is 12.5. The van der Waals surface area contributed by atoms with Crippen LogP contribution in [0.1, 0.15) is 5.56 Å². The number of rotatable bonds is 6. The van der Waals surface area contributed by atoms with Crippen LogP contribution in [0.15, 0.2) is 54.6 Å². The van der Waals surface area contributed by atoms with Gasteiger partial charge in [-0.1, -0.05) is 30.3 Å². The monoisotopic (exact) mass is 329 g/mol. The van der Waals surface area contributed by atoms with E-state index in [-0.39, 0.29) is 25.5 Å². The fourth-order valence-corrected chi connectivity index (χ4v) is 2.24. The van der Waals surface area contributed by atoms with Gasteiger partial charge < -0.3 is 15.3 Å². The SMILES string of the molecule is O=C(NO)Nc1ccc(CC(=O)N(CCO)c2ccccc2)cc1. The lowest BCUT2D eigenvalue weighted by molar-refractivity contribution is -0.118. The molecule has 0 saturated heterocycles. The van der Waals surface area contributed by atoms with Crippen molar-refractivity contribution in [3.05, 3.63) is 60.2 Å². The summed E-state index contributed by atoms with van der Waals surface area (Å²) in [4.78, 5) is 25.1.